The van der Waals surface area contributed by atoms with Crippen molar-refractivity contribution < 1.29 is 9.84 Å². The second-order valence-electron chi connectivity index (χ2n) is 5.68. The second-order valence-corrected chi connectivity index (χ2v) is 5.68. The lowest BCUT2D eigenvalue weighted by Gasteiger charge is -2.18. The molecule has 0 amide bonds. The number of hydrogen-bond acceptors (Lipinski definition) is 3. The molecule has 18 heavy (non-hydrogen) atoms. The van der Waals surface area contributed by atoms with Crippen LogP contribution in [-0.4, -0.2) is 18.3 Å². The summed E-state index contributed by atoms with van der Waals surface area (Å²) in [6.07, 6.45) is 1.11. The first-order chi connectivity index (χ1) is 8.44. The summed E-state index contributed by atoms with van der Waals surface area (Å²) in [5.41, 5.74) is 1.22. The Bertz CT molecular complexity index is 369. The average molecular weight is 251 g/mol. The number of phenolic OH excluding ortho intramolecular Hbond substituents is 1. The summed E-state index contributed by atoms with van der Waals surface area (Å²) in [4.78, 5) is 0. The van der Waals surface area contributed by atoms with E-state index in [2.05, 4.69) is 26.1 Å². The zero-order valence-electron chi connectivity index (χ0n) is 11.9. The molecule has 0 heterocycles. The predicted octanol–water partition coefficient (Wildman–Crippen LogP) is 3.32. The van der Waals surface area contributed by atoms with Crippen molar-refractivity contribution >= 4 is 0 Å². The maximum absolute atomic E-state index is 10.0. The van der Waals surface area contributed by atoms with Gasteiger partial charge in [0, 0.05) is 12.1 Å². The third-order valence-corrected chi connectivity index (χ3v) is 2.75. The van der Waals surface area contributed by atoms with Gasteiger partial charge in [0.15, 0.2) is 11.5 Å². The summed E-state index contributed by atoms with van der Waals surface area (Å²) >= 11 is 0. The number of phenols is 1. The first-order valence-corrected chi connectivity index (χ1v) is 6.58. The van der Waals surface area contributed by atoms with E-state index >= 15 is 0 Å². The molecular formula is C15H25NO2. The first-order valence-electron chi connectivity index (χ1n) is 6.58. The predicted molar refractivity (Wildman–Crippen MR) is 75.1 cm³/mol. The quantitative estimate of drug-likeness (QED) is 0.762. The molecule has 0 radical (unpaired) electrons. The van der Waals surface area contributed by atoms with Crippen molar-refractivity contribution in [3.8, 4) is 11.5 Å². The SMILES string of the molecule is CCOc1cccc(CNCCC(C)(C)C)c1O. The standard InChI is InChI=1S/C15H25NO2/c1-5-18-13-8-6-7-12(14(13)17)11-16-10-9-15(2,3)4/h6-8,16-17H,5,9-11H2,1-4H3. The smallest absolute Gasteiger partial charge is 0.162 e. The van der Waals surface area contributed by atoms with Gasteiger partial charge in [-0.05, 0) is 31.4 Å². The van der Waals surface area contributed by atoms with Crippen LogP contribution in [0, 0.1) is 5.41 Å². The second kappa shape index (κ2) is 6.64. The molecule has 0 aromatic heterocycles. The van der Waals surface area contributed by atoms with Gasteiger partial charge in [-0.2, -0.15) is 0 Å². The minimum atomic E-state index is 0.252. The van der Waals surface area contributed by atoms with Gasteiger partial charge >= 0.3 is 0 Å². The topological polar surface area (TPSA) is 41.5 Å². The van der Waals surface area contributed by atoms with Gasteiger partial charge in [-0.25, -0.2) is 0 Å². The van der Waals surface area contributed by atoms with Crippen molar-refractivity contribution in [1.82, 2.24) is 5.32 Å². The Labute approximate surface area is 110 Å². The van der Waals surface area contributed by atoms with Crippen LogP contribution in [0.3, 0.4) is 0 Å². The van der Waals surface area contributed by atoms with Crippen LogP contribution in [0.25, 0.3) is 0 Å². The molecule has 1 rings (SSSR count). The van der Waals surface area contributed by atoms with Crippen LogP contribution in [0.15, 0.2) is 18.2 Å². The van der Waals surface area contributed by atoms with Crippen LogP contribution in [0.2, 0.25) is 0 Å². The third-order valence-electron chi connectivity index (χ3n) is 2.75. The fourth-order valence-corrected chi connectivity index (χ4v) is 1.67. The van der Waals surface area contributed by atoms with E-state index < -0.39 is 0 Å². The lowest BCUT2D eigenvalue weighted by atomic mass is 9.92. The van der Waals surface area contributed by atoms with E-state index in [1.165, 1.54) is 0 Å². The molecular weight excluding hydrogens is 226 g/mol. The average Bonchev–Trinajstić information content (AvgIpc) is 2.28. The van der Waals surface area contributed by atoms with Gasteiger partial charge in [-0.1, -0.05) is 32.9 Å². The fourth-order valence-electron chi connectivity index (χ4n) is 1.67. The lowest BCUT2D eigenvalue weighted by molar-refractivity contribution is 0.316. The van der Waals surface area contributed by atoms with Crippen molar-refractivity contribution in [2.75, 3.05) is 13.2 Å². The van der Waals surface area contributed by atoms with Gasteiger partial charge in [-0.3, -0.25) is 0 Å². The number of benzene rings is 1. The summed E-state index contributed by atoms with van der Waals surface area (Å²) in [6.45, 7) is 10.8. The first kappa shape index (κ1) is 14.8. The van der Waals surface area contributed by atoms with E-state index in [0.29, 0.717) is 24.3 Å². The number of nitrogens with one attached hydrogen (secondary N) is 1. The van der Waals surface area contributed by atoms with Crippen LogP contribution >= 0.6 is 0 Å². The molecule has 0 saturated carbocycles. The van der Waals surface area contributed by atoms with E-state index in [4.69, 9.17) is 4.74 Å². The van der Waals surface area contributed by atoms with Crippen LogP contribution in [0.1, 0.15) is 39.7 Å². The Morgan fingerprint density at radius 2 is 2.00 bits per heavy atom. The highest BCUT2D eigenvalue weighted by atomic mass is 16.5. The van der Waals surface area contributed by atoms with Crippen LogP contribution < -0.4 is 10.1 Å². The highest BCUT2D eigenvalue weighted by Crippen LogP contribution is 2.29. The van der Waals surface area contributed by atoms with Crippen LogP contribution in [0.4, 0.5) is 0 Å². The van der Waals surface area contributed by atoms with E-state index in [0.717, 1.165) is 18.5 Å². The molecule has 0 atom stereocenters. The monoisotopic (exact) mass is 251 g/mol. The van der Waals surface area contributed by atoms with Gasteiger partial charge in [0.25, 0.3) is 0 Å². The van der Waals surface area contributed by atoms with E-state index in [1.54, 1.807) is 6.07 Å². The molecule has 3 nitrogen and oxygen atoms in total. The normalized spacial score (nSPS) is 11.6. The Kier molecular flexibility index (Phi) is 5.48. The summed E-state index contributed by atoms with van der Waals surface area (Å²) in [6, 6.07) is 5.62. The molecule has 2 N–H and O–H groups in total. The Morgan fingerprint density at radius 1 is 1.28 bits per heavy atom. The summed E-state index contributed by atoms with van der Waals surface area (Å²) in [5, 5.41) is 13.4. The molecule has 1 aromatic carbocycles. The number of hydrogen-bond donors (Lipinski definition) is 2. The van der Waals surface area contributed by atoms with Crippen molar-refractivity contribution in [2.45, 2.75) is 40.7 Å². The molecule has 0 fully saturated rings. The van der Waals surface area contributed by atoms with Crippen LogP contribution in [0.5, 0.6) is 11.5 Å². The van der Waals surface area contributed by atoms with Crippen molar-refractivity contribution in [1.29, 1.82) is 0 Å². The summed E-state index contributed by atoms with van der Waals surface area (Å²) < 4.78 is 5.36. The van der Waals surface area contributed by atoms with Crippen molar-refractivity contribution in [3.05, 3.63) is 23.8 Å². The summed E-state index contributed by atoms with van der Waals surface area (Å²) in [7, 11) is 0. The zero-order chi connectivity index (χ0) is 13.6. The molecule has 102 valence electrons. The molecule has 1 aromatic rings. The molecule has 0 unspecified atom stereocenters. The van der Waals surface area contributed by atoms with E-state index in [1.807, 2.05) is 19.1 Å². The van der Waals surface area contributed by atoms with Crippen molar-refractivity contribution in [3.63, 3.8) is 0 Å². The molecule has 0 aliphatic carbocycles. The van der Waals surface area contributed by atoms with Crippen LogP contribution in [-0.2, 0) is 6.54 Å². The third kappa shape index (κ3) is 4.96. The number of para-hydroxylation sites is 1. The van der Waals surface area contributed by atoms with E-state index in [9.17, 15) is 5.11 Å². The molecule has 0 saturated heterocycles. The Morgan fingerprint density at radius 3 is 2.61 bits per heavy atom. The number of rotatable bonds is 6. The lowest BCUT2D eigenvalue weighted by Crippen LogP contribution is -2.20. The zero-order valence-corrected chi connectivity index (χ0v) is 11.9. The van der Waals surface area contributed by atoms with Gasteiger partial charge in [0.1, 0.15) is 0 Å². The highest BCUT2D eigenvalue weighted by Gasteiger charge is 2.10. The largest absolute Gasteiger partial charge is 0.504 e. The molecule has 0 spiro atoms. The van der Waals surface area contributed by atoms with Gasteiger partial charge in [0.05, 0.1) is 6.61 Å². The maximum Gasteiger partial charge on any atom is 0.162 e. The Hall–Kier alpha value is -1.22. The fraction of sp³-hybridized carbons (Fsp3) is 0.600. The molecule has 0 aliphatic heterocycles. The maximum atomic E-state index is 10.0. The molecule has 0 aliphatic rings. The molecule has 3 heteroatoms. The number of ether oxygens (including phenoxy) is 1. The highest BCUT2D eigenvalue weighted by molar-refractivity contribution is 5.45. The minimum Gasteiger partial charge on any atom is -0.504 e. The van der Waals surface area contributed by atoms with E-state index in [-0.39, 0.29) is 5.75 Å². The molecule has 0 bridgehead atoms. The number of aromatic hydroxyl groups is 1. The van der Waals surface area contributed by atoms with Gasteiger partial charge in [-0.15, -0.1) is 0 Å². The Balaban J connectivity index is 2.50. The van der Waals surface area contributed by atoms with Crippen molar-refractivity contribution in [2.24, 2.45) is 5.41 Å². The van der Waals surface area contributed by atoms with Gasteiger partial charge < -0.3 is 15.2 Å². The minimum absolute atomic E-state index is 0.252. The van der Waals surface area contributed by atoms with Gasteiger partial charge in [0.2, 0.25) is 0 Å². The summed E-state index contributed by atoms with van der Waals surface area (Å²) in [5.74, 6) is 0.815.